The topological polar surface area (TPSA) is 64.3 Å². The summed E-state index contributed by atoms with van der Waals surface area (Å²) in [6.07, 6.45) is 2.56. The number of carboxylic acids is 1. The summed E-state index contributed by atoms with van der Waals surface area (Å²) in [6, 6.07) is 32.8. The molecule has 0 spiro atoms. The third-order valence-electron chi connectivity index (χ3n) is 5.74. The Morgan fingerprint density at radius 2 is 1.54 bits per heavy atom. The van der Waals surface area contributed by atoms with E-state index in [2.05, 4.69) is 73.3 Å². The molecule has 0 saturated carbocycles. The van der Waals surface area contributed by atoms with Crippen LogP contribution in [0.2, 0.25) is 0 Å². The lowest BCUT2D eigenvalue weighted by atomic mass is 10.1. The summed E-state index contributed by atoms with van der Waals surface area (Å²) in [5.74, 6) is 0.316. The molecule has 186 valence electrons. The molecule has 0 aliphatic heterocycles. The smallest absolute Gasteiger partial charge is 0.346 e. The number of hydrogen-bond donors (Lipinski definition) is 1. The Hall–Kier alpha value is -3.79. The van der Waals surface area contributed by atoms with Crippen molar-refractivity contribution >= 4 is 52.2 Å². The van der Waals surface area contributed by atoms with Crippen molar-refractivity contribution in [2.75, 3.05) is 10.7 Å². The van der Waals surface area contributed by atoms with E-state index in [1.54, 1.807) is 17.8 Å². The van der Waals surface area contributed by atoms with Crippen LogP contribution in [0.25, 0.3) is 16.5 Å². The van der Waals surface area contributed by atoms with Crippen molar-refractivity contribution in [3.63, 3.8) is 0 Å². The predicted molar refractivity (Wildman–Crippen MR) is 156 cm³/mol. The van der Waals surface area contributed by atoms with Gasteiger partial charge in [0.2, 0.25) is 0 Å². The van der Waals surface area contributed by atoms with E-state index in [0.717, 1.165) is 49.4 Å². The Morgan fingerprint density at radius 1 is 0.973 bits per heavy atom. The first-order chi connectivity index (χ1) is 18.0. The highest BCUT2D eigenvalue weighted by atomic mass is 32.2. The van der Waals surface area contributed by atoms with Gasteiger partial charge in [0.25, 0.3) is 0 Å². The number of rotatable bonds is 10. The number of nitrogens with zero attached hydrogens (tertiary/aromatic N) is 2. The number of thioether (sulfide) groups is 1. The summed E-state index contributed by atoms with van der Waals surface area (Å²) in [7, 11) is 0. The minimum atomic E-state index is -1.21. The van der Waals surface area contributed by atoms with Crippen LogP contribution in [0, 0.1) is 17.2 Å². The van der Waals surface area contributed by atoms with Crippen molar-refractivity contribution in [1.82, 2.24) is 0 Å². The highest BCUT2D eigenvalue weighted by Crippen LogP contribution is 2.40. The average molecular weight is 525 g/mol. The molecule has 0 aliphatic carbocycles. The lowest BCUT2D eigenvalue weighted by molar-refractivity contribution is -0.132. The maximum atomic E-state index is 11.5. The van der Waals surface area contributed by atoms with Crippen LogP contribution in [-0.2, 0) is 4.79 Å². The van der Waals surface area contributed by atoms with Gasteiger partial charge in [-0.05, 0) is 72.2 Å². The molecule has 0 radical (unpaired) electrons. The summed E-state index contributed by atoms with van der Waals surface area (Å²) in [5, 5.41) is 18.7. The van der Waals surface area contributed by atoms with Crippen molar-refractivity contribution in [3.05, 3.63) is 101 Å². The molecule has 0 saturated heterocycles. The average Bonchev–Trinajstić information content (AvgIpc) is 3.31. The molecule has 0 aliphatic rings. The molecular weight excluding hydrogens is 496 g/mol. The first-order valence-corrected chi connectivity index (χ1v) is 13.9. The van der Waals surface area contributed by atoms with Crippen molar-refractivity contribution in [3.8, 4) is 16.5 Å². The number of para-hydroxylation sites is 2. The fraction of sp³-hybridized carbons (Fsp3) is 0.161. The van der Waals surface area contributed by atoms with Crippen LogP contribution in [0.15, 0.2) is 101 Å². The maximum absolute atomic E-state index is 11.5. The van der Waals surface area contributed by atoms with Gasteiger partial charge in [-0.3, -0.25) is 0 Å². The van der Waals surface area contributed by atoms with E-state index in [1.165, 1.54) is 17.4 Å². The molecular formula is C31H28N2O2S2. The van der Waals surface area contributed by atoms with E-state index < -0.39 is 5.97 Å². The van der Waals surface area contributed by atoms with E-state index in [0.29, 0.717) is 5.92 Å². The SMILES string of the molecule is CC(C)CCSc1cc(-c2ccc(N(c3ccccc3)c3ccccc3)cc2)sc1/C=C(\C#N)C(=O)O. The molecule has 1 N–H and O–H groups in total. The van der Waals surface area contributed by atoms with Crippen molar-refractivity contribution in [2.24, 2.45) is 5.92 Å². The van der Waals surface area contributed by atoms with Crippen molar-refractivity contribution < 1.29 is 9.90 Å². The fourth-order valence-electron chi connectivity index (χ4n) is 3.80. The molecule has 3 aromatic carbocycles. The number of aliphatic carboxylic acids is 1. The van der Waals surface area contributed by atoms with E-state index in [-0.39, 0.29) is 5.57 Å². The number of carboxylic acid groups (broad SMARTS) is 1. The summed E-state index contributed by atoms with van der Waals surface area (Å²) >= 11 is 3.23. The normalized spacial score (nSPS) is 11.4. The van der Waals surface area contributed by atoms with Crippen LogP contribution in [0.1, 0.15) is 25.1 Å². The van der Waals surface area contributed by atoms with Crippen molar-refractivity contribution in [2.45, 2.75) is 25.2 Å². The first-order valence-electron chi connectivity index (χ1n) is 12.1. The summed E-state index contributed by atoms with van der Waals surface area (Å²) in [6.45, 7) is 4.38. The van der Waals surface area contributed by atoms with Gasteiger partial charge in [0.15, 0.2) is 0 Å². The highest BCUT2D eigenvalue weighted by Gasteiger charge is 2.15. The number of hydrogen-bond acceptors (Lipinski definition) is 5. The monoisotopic (exact) mass is 524 g/mol. The minimum Gasteiger partial charge on any atom is -0.477 e. The molecule has 0 atom stereocenters. The van der Waals surface area contributed by atoms with Gasteiger partial charge in [-0.15, -0.1) is 23.1 Å². The van der Waals surface area contributed by atoms with Crippen LogP contribution in [-0.4, -0.2) is 16.8 Å². The first kappa shape index (κ1) is 26.3. The zero-order valence-electron chi connectivity index (χ0n) is 20.8. The quantitative estimate of drug-likeness (QED) is 0.127. The van der Waals surface area contributed by atoms with Gasteiger partial charge in [-0.2, -0.15) is 5.26 Å². The molecule has 4 aromatic rings. The minimum absolute atomic E-state index is 0.254. The van der Waals surface area contributed by atoms with E-state index in [4.69, 9.17) is 0 Å². The summed E-state index contributed by atoms with van der Waals surface area (Å²) in [4.78, 5) is 16.5. The maximum Gasteiger partial charge on any atom is 0.346 e. The van der Waals surface area contributed by atoms with E-state index in [9.17, 15) is 15.2 Å². The van der Waals surface area contributed by atoms with E-state index >= 15 is 0 Å². The third kappa shape index (κ3) is 6.71. The standard InChI is InChI=1S/C31H28N2O2S2/c1-22(2)17-18-36-29-20-28(37-30(29)19-24(21-32)31(34)35)23-13-15-27(16-14-23)33(25-9-5-3-6-10-25)26-11-7-4-8-12-26/h3-16,19-20,22H,17-18H2,1-2H3,(H,34,35)/b24-19+. The van der Waals surface area contributed by atoms with Crippen molar-refractivity contribution in [1.29, 1.82) is 5.26 Å². The van der Waals surface area contributed by atoms with Gasteiger partial charge >= 0.3 is 5.97 Å². The molecule has 1 heterocycles. The van der Waals surface area contributed by atoms with Gasteiger partial charge in [-0.1, -0.05) is 62.4 Å². The lowest BCUT2D eigenvalue weighted by Gasteiger charge is -2.25. The Labute approximate surface area is 226 Å². The molecule has 1 aromatic heterocycles. The predicted octanol–water partition coefficient (Wildman–Crippen LogP) is 9.01. The second kappa shape index (κ2) is 12.4. The lowest BCUT2D eigenvalue weighted by Crippen LogP contribution is -2.09. The molecule has 0 unspecified atom stereocenters. The van der Waals surface area contributed by atoms with Crippen LogP contribution < -0.4 is 4.90 Å². The molecule has 37 heavy (non-hydrogen) atoms. The van der Waals surface area contributed by atoms with Gasteiger partial charge in [0.1, 0.15) is 11.6 Å². The van der Waals surface area contributed by atoms with Gasteiger partial charge in [-0.25, -0.2) is 4.79 Å². The second-order valence-electron chi connectivity index (χ2n) is 8.90. The number of carbonyl (C=O) groups is 1. The zero-order chi connectivity index (χ0) is 26.2. The second-order valence-corrected chi connectivity index (χ2v) is 11.1. The Balaban J connectivity index is 1.69. The Bertz CT molecular complexity index is 1360. The number of thiophene rings is 1. The molecule has 4 rings (SSSR count). The number of anilines is 3. The summed E-state index contributed by atoms with van der Waals surface area (Å²) < 4.78 is 0. The van der Waals surface area contributed by atoms with E-state index in [1.807, 2.05) is 36.4 Å². The number of benzene rings is 3. The van der Waals surface area contributed by atoms with Crippen LogP contribution in [0.5, 0.6) is 0 Å². The van der Waals surface area contributed by atoms with Gasteiger partial charge < -0.3 is 10.0 Å². The Kier molecular flexibility index (Phi) is 8.84. The van der Waals surface area contributed by atoms with Gasteiger partial charge in [0.05, 0.1) is 0 Å². The number of nitriles is 1. The highest BCUT2D eigenvalue weighted by molar-refractivity contribution is 7.99. The zero-order valence-corrected chi connectivity index (χ0v) is 22.4. The molecule has 0 bridgehead atoms. The van der Waals surface area contributed by atoms with Crippen LogP contribution in [0.4, 0.5) is 17.1 Å². The van der Waals surface area contributed by atoms with Crippen LogP contribution >= 0.6 is 23.1 Å². The summed E-state index contributed by atoms with van der Waals surface area (Å²) in [5.41, 5.74) is 3.99. The molecule has 6 heteroatoms. The molecule has 4 nitrogen and oxygen atoms in total. The van der Waals surface area contributed by atoms with Gasteiger partial charge in [0, 0.05) is 31.7 Å². The van der Waals surface area contributed by atoms with Crippen LogP contribution in [0.3, 0.4) is 0 Å². The Morgan fingerprint density at radius 3 is 2.05 bits per heavy atom. The largest absolute Gasteiger partial charge is 0.477 e. The molecule has 0 fully saturated rings. The third-order valence-corrected chi connectivity index (χ3v) is 8.09. The fourth-order valence-corrected chi connectivity index (χ4v) is 6.39. The molecule has 0 amide bonds.